The highest BCUT2D eigenvalue weighted by Crippen LogP contribution is 2.19. The molecule has 0 unspecified atom stereocenters. The second-order valence-electron chi connectivity index (χ2n) is 7.93. The summed E-state index contributed by atoms with van der Waals surface area (Å²) < 4.78 is 1.10. The van der Waals surface area contributed by atoms with E-state index in [4.69, 9.17) is 0 Å². The molecule has 0 fully saturated rings. The van der Waals surface area contributed by atoms with Crippen molar-refractivity contribution in [2.75, 3.05) is 0 Å². The average Bonchev–Trinajstić information content (AvgIpc) is 2.88. The maximum atomic E-state index is 3.63. The van der Waals surface area contributed by atoms with Gasteiger partial charge in [-0.1, -0.05) is 143 Å². The third-order valence-corrected chi connectivity index (χ3v) is 11.4. The molecule has 0 aromatic heterocycles. The molecule has 0 heterocycles. The quantitative estimate of drug-likeness (QED) is 0.225. The Morgan fingerprint density at radius 2 is 0.688 bits per heavy atom. The Hall–Kier alpha value is -3.20. The van der Waals surface area contributed by atoms with Crippen LogP contribution in [0.4, 0.5) is 0 Å². The molecule has 0 aliphatic heterocycles. The largest absolute Gasteiger partial charge is 0.179 e. The van der Waals surface area contributed by atoms with Crippen molar-refractivity contribution in [1.29, 1.82) is 0 Å². The van der Waals surface area contributed by atoms with Crippen molar-refractivity contribution in [3.05, 3.63) is 144 Å². The van der Waals surface area contributed by atoms with Gasteiger partial charge in [-0.3, -0.25) is 0 Å². The van der Waals surface area contributed by atoms with Gasteiger partial charge in [0.15, 0.2) is 8.07 Å². The zero-order chi connectivity index (χ0) is 21.8. The van der Waals surface area contributed by atoms with E-state index in [1.54, 1.807) is 0 Å². The molecule has 0 saturated carbocycles. The van der Waals surface area contributed by atoms with Gasteiger partial charge in [-0.05, 0) is 44.0 Å². The van der Waals surface area contributed by atoms with Gasteiger partial charge < -0.3 is 0 Å². The van der Waals surface area contributed by atoms with Gasteiger partial charge in [-0.15, -0.1) is 0 Å². The molecule has 5 aromatic carbocycles. The summed E-state index contributed by atoms with van der Waals surface area (Å²) in [7, 11) is -2.47. The van der Waals surface area contributed by atoms with Crippen LogP contribution in [0.5, 0.6) is 0 Å². The van der Waals surface area contributed by atoms with Crippen LogP contribution in [0.25, 0.3) is 11.1 Å². The van der Waals surface area contributed by atoms with Gasteiger partial charge >= 0.3 is 0 Å². The second-order valence-corrected chi connectivity index (χ2v) is 12.7. The molecule has 0 nitrogen and oxygen atoms in total. The molecule has 0 aliphatic rings. The zero-order valence-electron chi connectivity index (χ0n) is 17.7. The van der Waals surface area contributed by atoms with Gasteiger partial charge in [0.05, 0.1) is 0 Å². The lowest BCUT2D eigenvalue weighted by atomic mass is 10.1. The van der Waals surface area contributed by atoms with Gasteiger partial charge in [-0.25, -0.2) is 0 Å². The second kappa shape index (κ2) is 9.11. The fraction of sp³-hybridized carbons (Fsp3) is 0. The topological polar surface area (TPSA) is 0 Å². The number of benzene rings is 5. The summed E-state index contributed by atoms with van der Waals surface area (Å²) in [5, 5.41) is 5.55. The molecule has 32 heavy (non-hydrogen) atoms. The van der Waals surface area contributed by atoms with E-state index < -0.39 is 8.07 Å². The Balaban J connectivity index is 1.79. The molecule has 0 radical (unpaired) electrons. The minimum absolute atomic E-state index is 1.10. The fourth-order valence-corrected chi connectivity index (χ4v) is 9.60. The van der Waals surface area contributed by atoms with Crippen LogP contribution in [0.15, 0.2) is 144 Å². The molecule has 0 spiro atoms. The minimum Gasteiger partial charge on any atom is -0.0623 e. The van der Waals surface area contributed by atoms with E-state index in [1.165, 1.54) is 31.9 Å². The summed E-state index contributed by atoms with van der Waals surface area (Å²) in [5.41, 5.74) is 2.49. The number of rotatable bonds is 5. The van der Waals surface area contributed by atoms with Gasteiger partial charge in [0.2, 0.25) is 0 Å². The summed E-state index contributed by atoms with van der Waals surface area (Å²) in [5.74, 6) is 0. The highest BCUT2D eigenvalue weighted by molar-refractivity contribution is 9.10. The monoisotopic (exact) mass is 490 g/mol. The highest BCUT2D eigenvalue weighted by atomic mass is 79.9. The minimum atomic E-state index is -2.47. The number of halogens is 1. The molecule has 5 rings (SSSR count). The van der Waals surface area contributed by atoms with E-state index in [0.29, 0.717) is 0 Å². The van der Waals surface area contributed by atoms with Crippen molar-refractivity contribution >= 4 is 44.8 Å². The lowest BCUT2D eigenvalue weighted by Gasteiger charge is -2.34. The van der Waals surface area contributed by atoms with Crippen molar-refractivity contribution < 1.29 is 0 Å². The molecule has 0 aliphatic carbocycles. The van der Waals surface area contributed by atoms with E-state index in [-0.39, 0.29) is 0 Å². The first-order valence-electron chi connectivity index (χ1n) is 10.8. The van der Waals surface area contributed by atoms with E-state index in [0.717, 1.165) is 4.47 Å². The molecule has 0 atom stereocenters. The summed E-state index contributed by atoms with van der Waals surface area (Å²) in [6.07, 6.45) is 0. The average molecular weight is 492 g/mol. The standard InChI is InChI=1S/C30H23BrSi/c31-26-18-22-30(23-19-26)32(27-12-6-2-7-13-27,28-14-8-3-9-15-28)29-20-16-25(17-21-29)24-10-4-1-5-11-24/h1-23H. The van der Waals surface area contributed by atoms with Crippen molar-refractivity contribution in [2.24, 2.45) is 0 Å². The normalized spacial score (nSPS) is 11.3. The maximum absolute atomic E-state index is 3.63. The summed E-state index contributed by atoms with van der Waals surface area (Å²) >= 11 is 3.63. The molecular weight excluding hydrogens is 468 g/mol. The molecule has 0 saturated heterocycles. The van der Waals surface area contributed by atoms with Gasteiger partial charge in [0.1, 0.15) is 0 Å². The molecule has 0 amide bonds. The van der Waals surface area contributed by atoms with Crippen LogP contribution in [0.3, 0.4) is 0 Å². The Morgan fingerprint density at radius 3 is 1.16 bits per heavy atom. The lowest BCUT2D eigenvalue weighted by Crippen LogP contribution is -2.74. The third-order valence-electron chi connectivity index (χ3n) is 6.12. The van der Waals surface area contributed by atoms with Gasteiger partial charge in [-0.2, -0.15) is 0 Å². The van der Waals surface area contributed by atoms with E-state index in [2.05, 4.69) is 155 Å². The van der Waals surface area contributed by atoms with Crippen LogP contribution in [0.2, 0.25) is 0 Å². The van der Waals surface area contributed by atoms with Crippen LogP contribution >= 0.6 is 15.9 Å². The van der Waals surface area contributed by atoms with Crippen molar-refractivity contribution in [2.45, 2.75) is 0 Å². The van der Waals surface area contributed by atoms with Crippen LogP contribution in [-0.2, 0) is 0 Å². The lowest BCUT2D eigenvalue weighted by molar-refractivity contribution is 1.62. The Morgan fingerprint density at radius 1 is 0.344 bits per heavy atom. The maximum Gasteiger partial charge on any atom is 0.179 e. The van der Waals surface area contributed by atoms with Crippen molar-refractivity contribution in [1.82, 2.24) is 0 Å². The Labute approximate surface area is 199 Å². The van der Waals surface area contributed by atoms with E-state index in [9.17, 15) is 0 Å². The Kier molecular flexibility index (Phi) is 5.89. The fourth-order valence-electron chi connectivity index (χ4n) is 4.62. The van der Waals surface area contributed by atoms with Crippen LogP contribution < -0.4 is 20.7 Å². The molecule has 0 bridgehead atoms. The first-order valence-corrected chi connectivity index (χ1v) is 13.6. The third kappa shape index (κ3) is 3.77. The highest BCUT2D eigenvalue weighted by Gasteiger charge is 2.41. The molecular formula is C30H23BrSi. The predicted octanol–water partition coefficient (Wildman–Crippen LogP) is 5.49. The molecule has 154 valence electrons. The van der Waals surface area contributed by atoms with Crippen molar-refractivity contribution in [3.8, 4) is 11.1 Å². The van der Waals surface area contributed by atoms with E-state index in [1.807, 2.05) is 0 Å². The van der Waals surface area contributed by atoms with Crippen molar-refractivity contribution in [3.63, 3.8) is 0 Å². The number of hydrogen-bond acceptors (Lipinski definition) is 0. The van der Waals surface area contributed by atoms with Crippen LogP contribution in [-0.4, -0.2) is 8.07 Å². The molecule has 5 aromatic rings. The zero-order valence-corrected chi connectivity index (χ0v) is 20.2. The first-order chi connectivity index (χ1) is 15.8. The number of hydrogen-bond donors (Lipinski definition) is 0. The predicted molar refractivity (Wildman–Crippen MR) is 143 cm³/mol. The van der Waals surface area contributed by atoms with Gasteiger partial charge in [0, 0.05) is 4.47 Å². The summed E-state index contributed by atoms with van der Waals surface area (Å²) in [6.45, 7) is 0. The SMILES string of the molecule is Brc1ccc([Si](c2ccccc2)(c2ccccc2)c2ccc(-c3ccccc3)cc2)cc1. The summed E-state index contributed by atoms with van der Waals surface area (Å²) in [6, 6.07) is 50.8. The van der Waals surface area contributed by atoms with E-state index >= 15 is 0 Å². The van der Waals surface area contributed by atoms with Crippen LogP contribution in [0.1, 0.15) is 0 Å². The van der Waals surface area contributed by atoms with Crippen LogP contribution in [0, 0.1) is 0 Å². The van der Waals surface area contributed by atoms with Gasteiger partial charge in [0.25, 0.3) is 0 Å². The smallest absolute Gasteiger partial charge is 0.0623 e. The first kappa shape index (κ1) is 20.7. The Bertz CT molecular complexity index is 1240. The summed E-state index contributed by atoms with van der Waals surface area (Å²) in [4.78, 5) is 0. The molecule has 0 N–H and O–H groups in total. The molecule has 2 heteroatoms.